The molecule has 17 nitrogen and oxygen atoms in total. The fourth-order valence-electron chi connectivity index (χ4n) is 9.30. The van der Waals surface area contributed by atoms with E-state index < -0.39 is 97.5 Å². The summed E-state index contributed by atoms with van der Waals surface area (Å²) in [7, 11) is -10.00. The van der Waals surface area contributed by atoms with Crippen LogP contribution >= 0.6 is 15.6 Å². The van der Waals surface area contributed by atoms with Gasteiger partial charge in [0.1, 0.15) is 19.3 Å². The monoisotopic (exact) mass is 1440 g/mol. The highest BCUT2D eigenvalue weighted by molar-refractivity contribution is 7.47. The van der Waals surface area contributed by atoms with Crippen LogP contribution in [0.1, 0.15) is 272 Å². The number of esters is 4. The molecule has 0 saturated heterocycles. The molecule has 0 spiro atoms. The summed E-state index contributed by atoms with van der Waals surface area (Å²) in [6.07, 6.45) is 82.7. The molecule has 100 heavy (non-hydrogen) atoms. The van der Waals surface area contributed by atoms with Crippen LogP contribution in [0, 0.1) is 0 Å². The van der Waals surface area contributed by atoms with Crippen molar-refractivity contribution in [2.45, 2.75) is 290 Å². The van der Waals surface area contributed by atoms with Crippen molar-refractivity contribution < 1.29 is 80.2 Å². The number of rotatable bonds is 69. The van der Waals surface area contributed by atoms with Crippen molar-refractivity contribution in [3.8, 4) is 0 Å². The summed E-state index contributed by atoms with van der Waals surface area (Å²) in [6, 6.07) is 0. The summed E-state index contributed by atoms with van der Waals surface area (Å²) in [5.41, 5.74) is 0. The number of ether oxygens (including phenoxy) is 4. The molecule has 5 unspecified atom stereocenters. The highest BCUT2D eigenvalue weighted by Gasteiger charge is 2.30. The van der Waals surface area contributed by atoms with Gasteiger partial charge in [-0.2, -0.15) is 0 Å². The van der Waals surface area contributed by atoms with Crippen LogP contribution in [0.3, 0.4) is 0 Å². The summed E-state index contributed by atoms with van der Waals surface area (Å²) in [5.74, 6) is -2.38. The van der Waals surface area contributed by atoms with E-state index in [4.69, 9.17) is 37.0 Å². The number of aliphatic hydroxyl groups excluding tert-OH is 1. The van der Waals surface area contributed by atoms with Gasteiger partial charge in [-0.05, 0) is 141 Å². The molecule has 5 atom stereocenters. The summed E-state index contributed by atoms with van der Waals surface area (Å²) in [4.78, 5) is 72.8. The van der Waals surface area contributed by atoms with E-state index in [1.165, 1.54) is 0 Å². The smallest absolute Gasteiger partial charge is 0.462 e. The molecular weight excluding hydrogens is 1310 g/mol. The molecule has 0 aliphatic rings. The number of unbranched alkanes of at least 4 members (excludes halogenated alkanes) is 18. The molecule has 0 radical (unpaired) electrons. The maximum Gasteiger partial charge on any atom is 0.472 e. The van der Waals surface area contributed by atoms with Gasteiger partial charge in [0.25, 0.3) is 0 Å². The van der Waals surface area contributed by atoms with Gasteiger partial charge in [0.2, 0.25) is 0 Å². The average molecular weight is 1440 g/mol. The van der Waals surface area contributed by atoms with Gasteiger partial charge in [-0.15, -0.1) is 0 Å². The number of allylic oxidation sites excluding steroid dienone is 25. The first-order valence-electron chi connectivity index (χ1n) is 37.7. The van der Waals surface area contributed by atoms with Crippen molar-refractivity contribution in [2.75, 3.05) is 39.6 Å². The summed E-state index contributed by atoms with van der Waals surface area (Å²) >= 11 is 0. The molecule has 3 N–H and O–H groups in total. The fourth-order valence-corrected chi connectivity index (χ4v) is 10.9. The minimum atomic E-state index is -5.00. The molecule has 0 amide bonds. The van der Waals surface area contributed by atoms with Gasteiger partial charge >= 0.3 is 39.5 Å². The first-order valence-corrected chi connectivity index (χ1v) is 40.7. The molecule has 0 aliphatic carbocycles. The van der Waals surface area contributed by atoms with Crippen LogP contribution in [0.4, 0.5) is 0 Å². The van der Waals surface area contributed by atoms with Crippen LogP contribution in [0.2, 0.25) is 0 Å². The van der Waals surface area contributed by atoms with Crippen LogP contribution in [-0.2, 0) is 65.4 Å². The lowest BCUT2D eigenvalue weighted by Crippen LogP contribution is -2.30. The Labute approximate surface area is 604 Å². The Bertz CT molecular complexity index is 2520. The average Bonchev–Trinajstić information content (AvgIpc) is 0.936. The molecule has 0 bridgehead atoms. The number of hydrogen-bond donors (Lipinski definition) is 3. The first kappa shape index (κ1) is 94.7. The molecule has 0 fully saturated rings. The number of carbonyl (C=O) groups excluding carboxylic acids is 4. The van der Waals surface area contributed by atoms with Gasteiger partial charge in [-0.25, -0.2) is 9.13 Å². The van der Waals surface area contributed by atoms with E-state index in [-0.39, 0.29) is 25.7 Å². The molecule has 19 heteroatoms. The number of phosphoric ester groups is 2. The Morgan fingerprint density at radius 2 is 0.560 bits per heavy atom. The Hall–Kier alpha value is -5.32. The second-order valence-electron chi connectivity index (χ2n) is 24.5. The van der Waals surface area contributed by atoms with Crippen molar-refractivity contribution in [3.63, 3.8) is 0 Å². The van der Waals surface area contributed by atoms with Crippen LogP contribution in [-0.4, -0.2) is 96.7 Å². The molecule has 0 saturated carbocycles. The predicted molar refractivity (Wildman–Crippen MR) is 408 cm³/mol. The van der Waals surface area contributed by atoms with E-state index >= 15 is 0 Å². The van der Waals surface area contributed by atoms with Crippen LogP contribution < -0.4 is 0 Å². The Kier molecular flexibility index (Phi) is 68.2. The molecule has 0 rings (SSSR count). The van der Waals surface area contributed by atoms with Gasteiger partial charge in [0.15, 0.2) is 12.2 Å². The standard InChI is InChI=1S/C81H132O17P2/c1-5-9-13-17-21-25-29-33-35-36-37-38-40-44-46-50-54-58-62-66-79(84)92-72-77(98-81(86)68-64-60-56-52-48-42-32-28-24-20-16-12-8-4)74-96-100(89,90)94-70-75(82)69-93-99(87,88)95-73-76(97-80(85)67-63-59-55-51-47-41-31-27-23-19-15-11-7-3)71-91-78(83)65-61-57-53-49-45-43-39-34-30-26-22-18-14-10-6-2/h9-10,13-16,19-22,25-28,31-35,37-39,45,49,57,61,75-77,82H,5-8,11-12,17-18,23-24,29-30,36,40-44,46-48,50-56,58-60,62-74H2,1-4H3,(H,87,88)(H,89,90)/b13-9-,14-10-,19-15-,20-16-,25-21-,26-22-,31-27-,32-28-,35-33-,38-37-,39-34-,49-45-,61-57-. The number of carbonyl (C=O) groups is 4. The lowest BCUT2D eigenvalue weighted by molar-refractivity contribution is -0.161. The molecule has 0 aromatic heterocycles. The van der Waals surface area contributed by atoms with E-state index in [2.05, 4.69) is 161 Å². The Morgan fingerprint density at radius 3 is 0.890 bits per heavy atom. The van der Waals surface area contributed by atoms with Gasteiger partial charge in [-0.1, -0.05) is 263 Å². The van der Waals surface area contributed by atoms with Gasteiger partial charge < -0.3 is 33.8 Å². The third-order valence-electron chi connectivity index (χ3n) is 15.0. The van der Waals surface area contributed by atoms with Crippen molar-refractivity contribution in [3.05, 3.63) is 158 Å². The van der Waals surface area contributed by atoms with E-state index in [0.717, 1.165) is 193 Å². The minimum Gasteiger partial charge on any atom is -0.462 e. The third kappa shape index (κ3) is 71.1. The zero-order valence-electron chi connectivity index (χ0n) is 61.8. The van der Waals surface area contributed by atoms with Crippen LogP contribution in [0.5, 0.6) is 0 Å². The molecule has 0 aromatic carbocycles. The van der Waals surface area contributed by atoms with E-state index in [9.17, 15) is 43.2 Å². The second-order valence-corrected chi connectivity index (χ2v) is 27.4. The van der Waals surface area contributed by atoms with Crippen LogP contribution in [0.15, 0.2) is 158 Å². The maximum absolute atomic E-state index is 13.1. The number of hydrogen-bond acceptors (Lipinski definition) is 15. The normalized spacial score (nSPS) is 14.8. The van der Waals surface area contributed by atoms with Crippen molar-refractivity contribution in [1.29, 1.82) is 0 Å². The number of aliphatic hydroxyl groups is 1. The number of phosphoric acid groups is 2. The van der Waals surface area contributed by atoms with E-state index in [1.807, 2.05) is 18.2 Å². The molecule has 568 valence electrons. The second kappa shape index (κ2) is 72.0. The van der Waals surface area contributed by atoms with Crippen LogP contribution in [0.25, 0.3) is 0 Å². The van der Waals surface area contributed by atoms with Crippen molar-refractivity contribution in [2.24, 2.45) is 0 Å². The summed E-state index contributed by atoms with van der Waals surface area (Å²) < 4.78 is 68.3. The highest BCUT2D eigenvalue weighted by Crippen LogP contribution is 2.45. The molecule has 0 aromatic rings. The molecular formula is C81H132O17P2. The van der Waals surface area contributed by atoms with E-state index in [1.54, 1.807) is 6.08 Å². The fraction of sp³-hybridized carbons (Fsp3) is 0.630. The SMILES string of the molecule is CC/C=C\C/C=C\C/C=C\C/C=C\C/C=C\CC(=O)OCC(COP(=O)(O)OCC(O)COP(=O)(O)OCC(COC(=O)CCCCCCCC/C=C\C/C=C\C/C=C\C/C=C\CC)OC(=O)CCCCCCC/C=C\C/C=C\CCC)OC(=O)CCCCCCC/C=C\C/C=C\CCC. The Morgan fingerprint density at radius 1 is 0.300 bits per heavy atom. The van der Waals surface area contributed by atoms with Gasteiger partial charge in [0.05, 0.1) is 32.8 Å². The highest BCUT2D eigenvalue weighted by atomic mass is 31.2. The van der Waals surface area contributed by atoms with Crippen molar-refractivity contribution >= 4 is 39.5 Å². The minimum absolute atomic E-state index is 0.0540. The van der Waals surface area contributed by atoms with Gasteiger partial charge in [0, 0.05) is 19.3 Å². The summed E-state index contributed by atoms with van der Waals surface area (Å²) in [6.45, 7) is 4.32. The summed E-state index contributed by atoms with van der Waals surface area (Å²) in [5, 5.41) is 10.6. The lowest BCUT2D eigenvalue weighted by Gasteiger charge is -2.21. The topological polar surface area (TPSA) is 237 Å². The Balaban J connectivity index is 5.43. The zero-order chi connectivity index (χ0) is 73.2. The molecule has 0 aliphatic heterocycles. The third-order valence-corrected chi connectivity index (χ3v) is 16.9. The van der Waals surface area contributed by atoms with Gasteiger partial charge in [-0.3, -0.25) is 37.3 Å². The largest absolute Gasteiger partial charge is 0.472 e. The van der Waals surface area contributed by atoms with Crippen molar-refractivity contribution in [1.82, 2.24) is 0 Å². The zero-order valence-corrected chi connectivity index (χ0v) is 63.6. The maximum atomic E-state index is 13.1. The lowest BCUT2D eigenvalue weighted by atomic mass is 10.1. The molecule has 0 heterocycles. The quantitative estimate of drug-likeness (QED) is 0.0169. The first-order chi connectivity index (χ1) is 48.7. The van der Waals surface area contributed by atoms with E-state index in [0.29, 0.717) is 25.7 Å². The predicted octanol–water partition coefficient (Wildman–Crippen LogP) is 21.7.